The normalized spacial score (nSPS) is 17.8. The minimum Gasteiger partial charge on any atom is -0.493 e. The van der Waals surface area contributed by atoms with Crippen molar-refractivity contribution in [2.75, 3.05) is 19.7 Å². The van der Waals surface area contributed by atoms with Crippen molar-refractivity contribution in [1.82, 2.24) is 4.90 Å². The number of carbonyl (C=O) groups is 2. The molecule has 21 heavy (non-hydrogen) atoms. The molecule has 1 N–H and O–H groups in total. The smallest absolute Gasteiger partial charge is 0.303 e. The maximum absolute atomic E-state index is 12.9. The van der Waals surface area contributed by atoms with E-state index >= 15 is 0 Å². The van der Waals surface area contributed by atoms with Crippen molar-refractivity contribution in [2.24, 2.45) is 5.92 Å². The van der Waals surface area contributed by atoms with Gasteiger partial charge < -0.3 is 14.7 Å². The Morgan fingerprint density at radius 2 is 2.24 bits per heavy atom. The average Bonchev–Trinajstić information content (AvgIpc) is 2.86. The second kappa shape index (κ2) is 7.06. The van der Waals surface area contributed by atoms with Crippen LogP contribution < -0.4 is 4.74 Å². The molecule has 1 heterocycles. The number of hydrogen-bond acceptors (Lipinski definition) is 3. The van der Waals surface area contributed by atoms with E-state index in [2.05, 4.69) is 0 Å². The minimum atomic E-state index is -0.830. The third kappa shape index (κ3) is 4.73. The quantitative estimate of drug-likeness (QED) is 0.870. The van der Waals surface area contributed by atoms with Gasteiger partial charge in [-0.05, 0) is 24.5 Å². The first-order valence-electron chi connectivity index (χ1n) is 6.92. The second-order valence-corrected chi connectivity index (χ2v) is 5.15. The van der Waals surface area contributed by atoms with Crippen molar-refractivity contribution in [3.05, 3.63) is 30.1 Å². The summed E-state index contributed by atoms with van der Waals surface area (Å²) < 4.78 is 18.3. The monoisotopic (exact) mass is 295 g/mol. The van der Waals surface area contributed by atoms with Crippen LogP contribution in [-0.4, -0.2) is 41.6 Å². The van der Waals surface area contributed by atoms with Gasteiger partial charge in [0.25, 0.3) is 0 Å². The molecule has 0 aliphatic carbocycles. The SMILES string of the molecule is O=C(O)CC1CCN(C(=O)CCOc2cccc(F)c2)C1. The molecule has 1 fully saturated rings. The lowest BCUT2D eigenvalue weighted by Gasteiger charge is -2.16. The number of carboxylic acid groups (broad SMARTS) is 1. The molecule has 1 aromatic carbocycles. The van der Waals surface area contributed by atoms with E-state index in [1.165, 1.54) is 12.1 Å². The van der Waals surface area contributed by atoms with Crippen LogP contribution in [0.2, 0.25) is 0 Å². The van der Waals surface area contributed by atoms with E-state index in [9.17, 15) is 14.0 Å². The summed E-state index contributed by atoms with van der Waals surface area (Å²) in [6.07, 6.45) is 1.03. The van der Waals surface area contributed by atoms with Gasteiger partial charge in [-0.15, -0.1) is 0 Å². The van der Waals surface area contributed by atoms with Crippen molar-refractivity contribution in [2.45, 2.75) is 19.3 Å². The number of halogens is 1. The van der Waals surface area contributed by atoms with E-state index in [1.54, 1.807) is 17.0 Å². The molecular weight excluding hydrogens is 277 g/mol. The summed E-state index contributed by atoms with van der Waals surface area (Å²) in [7, 11) is 0. The summed E-state index contributed by atoms with van der Waals surface area (Å²) in [5, 5.41) is 8.73. The minimum absolute atomic E-state index is 0.0376. The number of ether oxygens (including phenoxy) is 1. The number of aliphatic carboxylic acids is 1. The Hall–Kier alpha value is -2.11. The van der Waals surface area contributed by atoms with E-state index < -0.39 is 5.97 Å². The van der Waals surface area contributed by atoms with E-state index in [4.69, 9.17) is 9.84 Å². The van der Waals surface area contributed by atoms with Gasteiger partial charge in [-0.25, -0.2) is 4.39 Å². The molecule has 5 nitrogen and oxygen atoms in total. The van der Waals surface area contributed by atoms with Crippen molar-refractivity contribution in [3.63, 3.8) is 0 Å². The number of hydrogen-bond donors (Lipinski definition) is 1. The zero-order chi connectivity index (χ0) is 15.2. The summed E-state index contributed by atoms with van der Waals surface area (Å²) in [4.78, 5) is 24.3. The average molecular weight is 295 g/mol. The van der Waals surface area contributed by atoms with Gasteiger partial charge in [-0.2, -0.15) is 0 Å². The second-order valence-electron chi connectivity index (χ2n) is 5.15. The summed E-state index contributed by atoms with van der Waals surface area (Å²) >= 11 is 0. The van der Waals surface area contributed by atoms with E-state index in [0.717, 1.165) is 6.42 Å². The molecule has 1 atom stereocenters. The summed E-state index contributed by atoms with van der Waals surface area (Å²) in [5.41, 5.74) is 0. The molecule has 2 rings (SSSR count). The predicted molar refractivity (Wildman–Crippen MR) is 73.5 cm³/mol. The number of amides is 1. The van der Waals surface area contributed by atoms with Gasteiger partial charge in [0.2, 0.25) is 5.91 Å². The summed E-state index contributed by atoms with van der Waals surface area (Å²) in [5.74, 6) is -0.832. The molecule has 1 aliphatic heterocycles. The van der Waals surface area contributed by atoms with Gasteiger partial charge in [0.15, 0.2) is 0 Å². The highest BCUT2D eigenvalue weighted by Gasteiger charge is 2.27. The van der Waals surface area contributed by atoms with Crippen LogP contribution in [0.4, 0.5) is 4.39 Å². The zero-order valence-corrected chi connectivity index (χ0v) is 11.6. The van der Waals surface area contributed by atoms with Crippen molar-refractivity contribution < 1.29 is 23.8 Å². The maximum atomic E-state index is 12.9. The zero-order valence-electron chi connectivity index (χ0n) is 11.6. The number of rotatable bonds is 6. The molecule has 0 saturated carbocycles. The Morgan fingerprint density at radius 3 is 2.95 bits per heavy atom. The first kappa shape index (κ1) is 15.3. The topological polar surface area (TPSA) is 66.8 Å². The molecular formula is C15H18FNO4. The molecule has 1 aliphatic rings. The maximum Gasteiger partial charge on any atom is 0.303 e. The van der Waals surface area contributed by atoms with Crippen LogP contribution in [0.15, 0.2) is 24.3 Å². The van der Waals surface area contributed by atoms with Crippen LogP contribution >= 0.6 is 0 Å². The number of carbonyl (C=O) groups excluding carboxylic acids is 1. The fraction of sp³-hybridized carbons (Fsp3) is 0.467. The largest absolute Gasteiger partial charge is 0.493 e. The number of nitrogens with zero attached hydrogens (tertiary/aromatic N) is 1. The van der Waals surface area contributed by atoms with Crippen molar-refractivity contribution in [3.8, 4) is 5.75 Å². The Balaban J connectivity index is 1.72. The molecule has 0 aromatic heterocycles. The Kier molecular flexibility index (Phi) is 5.14. The lowest BCUT2D eigenvalue weighted by atomic mass is 10.1. The number of benzene rings is 1. The molecule has 1 unspecified atom stereocenters. The van der Waals surface area contributed by atoms with E-state index in [1.807, 2.05) is 0 Å². The lowest BCUT2D eigenvalue weighted by molar-refractivity contribution is -0.138. The third-order valence-corrected chi connectivity index (χ3v) is 3.48. The standard InChI is InChI=1S/C15H18FNO4/c16-12-2-1-3-13(9-12)21-7-5-14(18)17-6-4-11(10-17)8-15(19)20/h1-3,9,11H,4-8,10H2,(H,19,20). The molecule has 114 valence electrons. The molecule has 6 heteroatoms. The van der Waals surface area contributed by atoms with Crippen LogP contribution in [0.1, 0.15) is 19.3 Å². The van der Waals surface area contributed by atoms with Crippen LogP contribution in [0.3, 0.4) is 0 Å². The molecule has 1 saturated heterocycles. The van der Waals surface area contributed by atoms with E-state index in [-0.39, 0.29) is 37.1 Å². The van der Waals surface area contributed by atoms with Crippen molar-refractivity contribution >= 4 is 11.9 Å². The molecule has 1 aromatic rings. The summed E-state index contributed by atoms with van der Waals surface area (Å²) in [6.45, 7) is 1.27. The molecule has 0 spiro atoms. The van der Waals surface area contributed by atoms with Gasteiger partial charge in [-0.3, -0.25) is 9.59 Å². The van der Waals surface area contributed by atoms with Crippen LogP contribution in [0, 0.1) is 11.7 Å². The fourth-order valence-corrected chi connectivity index (χ4v) is 2.44. The number of carboxylic acids is 1. The van der Waals surface area contributed by atoms with Crippen LogP contribution in [0.5, 0.6) is 5.75 Å². The first-order chi connectivity index (χ1) is 10.0. The molecule has 1 amide bonds. The van der Waals surface area contributed by atoms with Gasteiger partial charge >= 0.3 is 5.97 Å². The summed E-state index contributed by atoms with van der Waals surface area (Å²) in [6, 6.07) is 5.77. The highest BCUT2D eigenvalue weighted by atomic mass is 19.1. The Labute approximate surface area is 122 Å². The highest BCUT2D eigenvalue weighted by molar-refractivity contribution is 5.76. The third-order valence-electron chi connectivity index (χ3n) is 3.48. The van der Waals surface area contributed by atoms with Gasteiger partial charge in [-0.1, -0.05) is 6.07 Å². The molecule has 0 bridgehead atoms. The molecule has 0 radical (unpaired) electrons. The van der Waals surface area contributed by atoms with Crippen molar-refractivity contribution in [1.29, 1.82) is 0 Å². The van der Waals surface area contributed by atoms with Gasteiger partial charge in [0.05, 0.1) is 13.0 Å². The van der Waals surface area contributed by atoms with E-state index in [0.29, 0.717) is 18.8 Å². The number of likely N-dealkylation sites (tertiary alicyclic amines) is 1. The Morgan fingerprint density at radius 1 is 1.43 bits per heavy atom. The predicted octanol–water partition coefficient (Wildman–Crippen LogP) is 1.92. The Bertz CT molecular complexity index is 520. The first-order valence-corrected chi connectivity index (χ1v) is 6.92. The van der Waals surface area contributed by atoms with Gasteiger partial charge in [0.1, 0.15) is 11.6 Å². The highest BCUT2D eigenvalue weighted by Crippen LogP contribution is 2.20. The van der Waals surface area contributed by atoms with Crippen LogP contribution in [-0.2, 0) is 9.59 Å². The fourth-order valence-electron chi connectivity index (χ4n) is 2.44. The van der Waals surface area contributed by atoms with Crippen LogP contribution in [0.25, 0.3) is 0 Å². The lowest BCUT2D eigenvalue weighted by Crippen LogP contribution is -2.30. The van der Waals surface area contributed by atoms with Gasteiger partial charge in [0, 0.05) is 25.6 Å².